The molecule has 0 N–H and O–H groups in total. The van der Waals surface area contributed by atoms with Gasteiger partial charge in [0.1, 0.15) is 5.82 Å². The lowest BCUT2D eigenvalue weighted by molar-refractivity contribution is 0.0525. The van der Waals surface area contributed by atoms with Gasteiger partial charge in [0.25, 0.3) is 0 Å². The quantitative estimate of drug-likeness (QED) is 0.791. The summed E-state index contributed by atoms with van der Waals surface area (Å²) in [4.78, 5) is 20.2. The van der Waals surface area contributed by atoms with E-state index in [1.165, 1.54) is 18.4 Å². The molecular weight excluding hydrogens is 264 g/mol. The third kappa shape index (κ3) is 2.94. The van der Waals surface area contributed by atoms with Crippen molar-refractivity contribution >= 4 is 5.97 Å². The number of hydrogen-bond donors (Lipinski definition) is 0. The van der Waals surface area contributed by atoms with Gasteiger partial charge >= 0.3 is 5.97 Å². The number of rotatable bonds is 5. The molecule has 1 heterocycles. The molecular formula is C17H18N2O2. The van der Waals surface area contributed by atoms with Gasteiger partial charge in [-0.3, -0.25) is 0 Å². The topological polar surface area (TPSA) is 52.1 Å². The summed E-state index contributed by atoms with van der Waals surface area (Å²) in [6.07, 6.45) is 6.27. The first kappa shape index (κ1) is 13.7. The van der Waals surface area contributed by atoms with Crippen molar-refractivity contribution < 1.29 is 9.53 Å². The van der Waals surface area contributed by atoms with Gasteiger partial charge in [-0.05, 0) is 25.3 Å². The second-order valence-electron chi connectivity index (χ2n) is 5.43. The van der Waals surface area contributed by atoms with Gasteiger partial charge in [0.15, 0.2) is 0 Å². The number of nitrogens with zero attached hydrogens (tertiary/aromatic N) is 2. The fourth-order valence-corrected chi connectivity index (χ4v) is 2.58. The zero-order valence-electron chi connectivity index (χ0n) is 12.1. The van der Waals surface area contributed by atoms with Crippen LogP contribution < -0.4 is 0 Å². The first-order valence-electron chi connectivity index (χ1n) is 7.27. The van der Waals surface area contributed by atoms with Crippen LogP contribution in [0.4, 0.5) is 0 Å². The van der Waals surface area contributed by atoms with Crippen molar-refractivity contribution in [1.82, 2.24) is 9.97 Å². The molecule has 108 valence electrons. The van der Waals surface area contributed by atoms with Crippen LogP contribution in [0.25, 0.3) is 0 Å². The lowest BCUT2D eigenvalue weighted by Gasteiger charge is -2.14. The van der Waals surface area contributed by atoms with Crippen molar-refractivity contribution in [1.29, 1.82) is 0 Å². The molecule has 0 saturated heterocycles. The van der Waals surface area contributed by atoms with Crippen molar-refractivity contribution in [3.8, 4) is 0 Å². The molecule has 0 radical (unpaired) electrons. The Morgan fingerprint density at radius 1 is 1.19 bits per heavy atom. The van der Waals surface area contributed by atoms with Crippen LogP contribution in [0.15, 0.2) is 42.7 Å². The van der Waals surface area contributed by atoms with E-state index in [0.717, 1.165) is 12.2 Å². The summed E-state index contributed by atoms with van der Waals surface area (Å²) in [5, 5.41) is 0. The molecule has 4 heteroatoms. The largest absolute Gasteiger partial charge is 0.462 e. The zero-order valence-corrected chi connectivity index (χ0v) is 12.1. The Morgan fingerprint density at radius 3 is 2.43 bits per heavy atom. The van der Waals surface area contributed by atoms with E-state index in [2.05, 4.69) is 34.2 Å². The fourth-order valence-electron chi connectivity index (χ4n) is 2.58. The maximum atomic E-state index is 11.6. The van der Waals surface area contributed by atoms with E-state index < -0.39 is 0 Å². The van der Waals surface area contributed by atoms with Gasteiger partial charge in [-0.1, -0.05) is 30.3 Å². The van der Waals surface area contributed by atoms with Gasteiger partial charge in [-0.25, -0.2) is 14.8 Å². The number of carbonyl (C=O) groups is 1. The minimum Gasteiger partial charge on any atom is -0.462 e. The van der Waals surface area contributed by atoms with E-state index in [4.69, 9.17) is 4.74 Å². The molecule has 2 aromatic rings. The minimum absolute atomic E-state index is 0.187. The Morgan fingerprint density at radius 2 is 1.86 bits per heavy atom. The third-order valence-electron chi connectivity index (χ3n) is 3.95. The third-order valence-corrected chi connectivity index (χ3v) is 3.95. The van der Waals surface area contributed by atoms with Crippen LogP contribution >= 0.6 is 0 Å². The molecule has 1 saturated carbocycles. The van der Waals surface area contributed by atoms with Gasteiger partial charge < -0.3 is 4.74 Å². The van der Waals surface area contributed by atoms with Crippen molar-refractivity contribution in [3.63, 3.8) is 0 Å². The van der Waals surface area contributed by atoms with Crippen molar-refractivity contribution in [2.24, 2.45) is 0 Å². The summed E-state index contributed by atoms with van der Waals surface area (Å²) in [5.41, 5.74) is 1.94. The summed E-state index contributed by atoms with van der Waals surface area (Å²) in [6.45, 7) is 2.14. The van der Waals surface area contributed by atoms with Crippen LogP contribution in [-0.2, 0) is 16.6 Å². The summed E-state index contributed by atoms with van der Waals surface area (Å²) < 4.78 is 4.93. The average molecular weight is 282 g/mol. The Labute approximate surface area is 124 Å². The van der Waals surface area contributed by atoms with E-state index in [-0.39, 0.29) is 11.4 Å². The van der Waals surface area contributed by atoms with Crippen LogP contribution in [-0.4, -0.2) is 22.5 Å². The molecule has 0 atom stereocenters. The monoisotopic (exact) mass is 282 g/mol. The Bertz CT molecular complexity index is 619. The summed E-state index contributed by atoms with van der Waals surface area (Å²) in [6, 6.07) is 10.5. The number of ether oxygens (including phenoxy) is 1. The van der Waals surface area contributed by atoms with Crippen LogP contribution in [0.3, 0.4) is 0 Å². The Hall–Kier alpha value is -2.23. The van der Waals surface area contributed by atoms with Gasteiger partial charge in [-0.15, -0.1) is 0 Å². The van der Waals surface area contributed by atoms with E-state index >= 15 is 0 Å². The molecule has 1 aromatic carbocycles. The summed E-state index contributed by atoms with van der Waals surface area (Å²) in [7, 11) is 0. The first-order valence-corrected chi connectivity index (χ1v) is 7.27. The van der Waals surface area contributed by atoms with Crippen LogP contribution in [0.2, 0.25) is 0 Å². The second kappa shape index (κ2) is 5.64. The normalized spacial score (nSPS) is 15.5. The summed E-state index contributed by atoms with van der Waals surface area (Å²) in [5.74, 6) is 0.414. The lowest BCUT2D eigenvalue weighted by Crippen LogP contribution is -2.14. The van der Waals surface area contributed by atoms with Gasteiger partial charge in [0.2, 0.25) is 0 Å². The summed E-state index contributed by atoms with van der Waals surface area (Å²) >= 11 is 0. The van der Waals surface area contributed by atoms with Gasteiger partial charge in [0.05, 0.1) is 12.2 Å². The van der Waals surface area contributed by atoms with Crippen molar-refractivity contribution in [2.45, 2.75) is 31.6 Å². The molecule has 0 bridgehead atoms. The highest BCUT2D eigenvalue weighted by atomic mass is 16.5. The highest BCUT2D eigenvalue weighted by Crippen LogP contribution is 2.50. The molecule has 21 heavy (non-hydrogen) atoms. The SMILES string of the molecule is CCOC(=O)c1cnc(CC2(c3ccccc3)CC2)nc1. The molecule has 3 rings (SSSR count). The Kier molecular flexibility index (Phi) is 3.69. The van der Waals surface area contributed by atoms with E-state index in [1.807, 2.05) is 6.07 Å². The number of benzene rings is 1. The molecule has 1 aliphatic rings. The molecule has 4 nitrogen and oxygen atoms in total. The van der Waals surface area contributed by atoms with E-state index in [0.29, 0.717) is 12.2 Å². The number of esters is 1. The molecule has 1 aliphatic carbocycles. The van der Waals surface area contributed by atoms with Gasteiger partial charge in [0, 0.05) is 24.2 Å². The fraction of sp³-hybridized carbons (Fsp3) is 0.353. The predicted octanol–water partition coefficient (Wildman–Crippen LogP) is 2.93. The lowest BCUT2D eigenvalue weighted by atomic mass is 9.92. The molecule has 0 unspecified atom stereocenters. The first-order chi connectivity index (χ1) is 10.2. The molecule has 0 spiro atoms. The van der Waals surface area contributed by atoms with Crippen molar-refractivity contribution in [3.05, 3.63) is 59.7 Å². The molecule has 1 aromatic heterocycles. The smallest absolute Gasteiger partial charge is 0.341 e. The zero-order chi connectivity index (χ0) is 14.7. The van der Waals surface area contributed by atoms with E-state index in [1.54, 1.807) is 19.3 Å². The molecule has 0 amide bonds. The van der Waals surface area contributed by atoms with Crippen LogP contribution in [0.1, 0.15) is 41.5 Å². The van der Waals surface area contributed by atoms with Crippen LogP contribution in [0.5, 0.6) is 0 Å². The van der Waals surface area contributed by atoms with Crippen LogP contribution in [0, 0.1) is 0 Å². The Balaban J connectivity index is 1.73. The highest BCUT2D eigenvalue weighted by Gasteiger charge is 2.44. The molecule has 1 fully saturated rings. The molecule has 0 aliphatic heterocycles. The second-order valence-corrected chi connectivity index (χ2v) is 5.43. The number of aromatic nitrogens is 2. The number of hydrogen-bond acceptors (Lipinski definition) is 4. The van der Waals surface area contributed by atoms with Gasteiger partial charge in [-0.2, -0.15) is 0 Å². The maximum Gasteiger partial charge on any atom is 0.341 e. The highest BCUT2D eigenvalue weighted by molar-refractivity contribution is 5.88. The minimum atomic E-state index is -0.367. The maximum absolute atomic E-state index is 11.6. The number of carbonyl (C=O) groups excluding carboxylic acids is 1. The predicted molar refractivity (Wildman–Crippen MR) is 79.0 cm³/mol. The van der Waals surface area contributed by atoms with Crippen molar-refractivity contribution in [2.75, 3.05) is 6.61 Å². The van der Waals surface area contributed by atoms with E-state index in [9.17, 15) is 4.79 Å². The standard InChI is InChI=1S/C17H18N2O2/c1-2-21-16(20)13-11-18-15(19-12-13)10-17(8-9-17)14-6-4-3-5-7-14/h3-7,11-12H,2,8-10H2,1H3. The average Bonchev–Trinajstić information content (AvgIpc) is 3.30.